The van der Waals surface area contributed by atoms with E-state index in [1.807, 2.05) is 0 Å². The third-order valence-corrected chi connectivity index (χ3v) is 6.37. The number of amides is 1. The Morgan fingerprint density at radius 3 is 2.38 bits per heavy atom. The van der Waals surface area contributed by atoms with E-state index >= 15 is 0 Å². The Balaban J connectivity index is 1.73. The molecule has 1 amide bonds. The number of hydrogen-bond acceptors (Lipinski definition) is 5. The third kappa shape index (κ3) is 4.34. The van der Waals surface area contributed by atoms with Crippen LogP contribution in [-0.4, -0.2) is 19.3 Å². The van der Waals surface area contributed by atoms with Crippen molar-refractivity contribution in [2.24, 2.45) is 0 Å². The highest BCUT2D eigenvalue weighted by atomic mass is 35.5. The molecule has 0 aliphatic heterocycles. The number of carbonyl (C=O) groups is 1. The first kappa shape index (κ1) is 18.7. The Kier molecular flexibility index (Phi) is 5.47. The number of anilines is 2. The minimum atomic E-state index is -3.87. The van der Waals surface area contributed by atoms with Crippen LogP contribution in [0.1, 0.15) is 10.4 Å². The van der Waals surface area contributed by atoms with Crippen molar-refractivity contribution in [3.05, 3.63) is 69.1 Å². The topological polar surface area (TPSA) is 88.2 Å². The first-order valence-corrected chi connectivity index (χ1v) is 10.2. The Morgan fingerprint density at radius 2 is 1.81 bits per heavy atom. The smallest absolute Gasteiger partial charge is 0.264 e. The molecule has 0 bridgehead atoms. The normalized spacial score (nSPS) is 11.2. The third-order valence-electron chi connectivity index (χ3n) is 3.23. The second-order valence-corrected chi connectivity index (χ2v) is 9.00. The summed E-state index contributed by atoms with van der Waals surface area (Å²) in [6.07, 6.45) is 3.12. The maximum absolute atomic E-state index is 12.4. The van der Waals surface area contributed by atoms with Crippen molar-refractivity contribution in [1.29, 1.82) is 0 Å². The number of benzene rings is 1. The van der Waals surface area contributed by atoms with Crippen molar-refractivity contribution in [3.63, 3.8) is 0 Å². The molecule has 0 saturated heterocycles. The van der Waals surface area contributed by atoms with Gasteiger partial charge in [-0.15, -0.1) is 11.3 Å². The summed E-state index contributed by atoms with van der Waals surface area (Å²) in [5.41, 5.74) is 1.22. The zero-order chi connectivity index (χ0) is 18.7. The lowest BCUT2D eigenvalue weighted by Gasteiger charge is -2.08. The standard InChI is InChI=1S/C16H11Cl2N3O3S2/c17-14-8-13(15(18)25-14)26(23,24)21-11-5-3-10(4-6-11)16(22)20-12-2-1-7-19-9-12/h1-9,21H,(H,20,22). The average molecular weight is 428 g/mol. The Morgan fingerprint density at radius 1 is 1.08 bits per heavy atom. The molecule has 3 aromatic rings. The zero-order valence-corrected chi connectivity index (χ0v) is 16.1. The van der Waals surface area contributed by atoms with Gasteiger partial charge < -0.3 is 5.32 Å². The molecule has 2 heterocycles. The summed E-state index contributed by atoms with van der Waals surface area (Å²) in [7, 11) is -3.87. The lowest BCUT2D eigenvalue weighted by Crippen LogP contribution is -2.14. The Bertz CT molecular complexity index is 1040. The van der Waals surface area contributed by atoms with E-state index in [4.69, 9.17) is 23.2 Å². The van der Waals surface area contributed by atoms with Gasteiger partial charge in [-0.1, -0.05) is 23.2 Å². The molecular formula is C16H11Cl2N3O3S2. The number of nitrogens with one attached hydrogen (secondary N) is 2. The highest BCUT2D eigenvalue weighted by Crippen LogP contribution is 2.35. The van der Waals surface area contributed by atoms with Crippen LogP contribution in [-0.2, 0) is 10.0 Å². The van der Waals surface area contributed by atoms with Gasteiger partial charge in [-0.2, -0.15) is 0 Å². The van der Waals surface area contributed by atoms with Gasteiger partial charge in [-0.25, -0.2) is 8.42 Å². The molecule has 10 heteroatoms. The van der Waals surface area contributed by atoms with Crippen LogP contribution in [0.15, 0.2) is 59.8 Å². The molecule has 2 aromatic heterocycles. The molecule has 6 nitrogen and oxygen atoms in total. The van der Waals surface area contributed by atoms with E-state index in [2.05, 4.69) is 15.0 Å². The number of sulfonamides is 1. The van der Waals surface area contributed by atoms with Gasteiger partial charge in [0.2, 0.25) is 0 Å². The monoisotopic (exact) mass is 427 g/mol. The molecule has 0 spiro atoms. The summed E-state index contributed by atoms with van der Waals surface area (Å²) in [4.78, 5) is 16.0. The van der Waals surface area contributed by atoms with E-state index < -0.39 is 10.0 Å². The molecule has 134 valence electrons. The van der Waals surface area contributed by atoms with Crippen LogP contribution in [0.5, 0.6) is 0 Å². The van der Waals surface area contributed by atoms with Crippen LogP contribution in [0.3, 0.4) is 0 Å². The number of carbonyl (C=O) groups excluding carboxylic acids is 1. The molecule has 0 unspecified atom stereocenters. The lowest BCUT2D eigenvalue weighted by atomic mass is 10.2. The van der Waals surface area contributed by atoms with Gasteiger partial charge in [0.25, 0.3) is 15.9 Å². The van der Waals surface area contributed by atoms with E-state index in [9.17, 15) is 13.2 Å². The molecule has 0 saturated carbocycles. The summed E-state index contributed by atoms with van der Waals surface area (Å²) in [6.45, 7) is 0. The predicted octanol–water partition coefficient (Wildman–Crippen LogP) is 4.50. The summed E-state index contributed by atoms with van der Waals surface area (Å²) in [5.74, 6) is -0.333. The zero-order valence-electron chi connectivity index (χ0n) is 12.9. The molecule has 0 aliphatic carbocycles. The van der Waals surface area contributed by atoms with Gasteiger partial charge >= 0.3 is 0 Å². The van der Waals surface area contributed by atoms with Crippen LogP contribution in [0.4, 0.5) is 11.4 Å². The van der Waals surface area contributed by atoms with Crippen molar-refractivity contribution in [2.75, 3.05) is 10.0 Å². The van der Waals surface area contributed by atoms with Gasteiger partial charge in [0.15, 0.2) is 0 Å². The Hall–Kier alpha value is -2.13. The highest BCUT2D eigenvalue weighted by molar-refractivity contribution is 7.93. The van der Waals surface area contributed by atoms with Gasteiger partial charge in [0, 0.05) is 17.4 Å². The molecule has 26 heavy (non-hydrogen) atoms. The highest BCUT2D eigenvalue weighted by Gasteiger charge is 2.21. The van der Waals surface area contributed by atoms with Crippen LogP contribution in [0.2, 0.25) is 8.67 Å². The molecular weight excluding hydrogens is 417 g/mol. The number of thiophene rings is 1. The van der Waals surface area contributed by atoms with Crippen LogP contribution in [0.25, 0.3) is 0 Å². The van der Waals surface area contributed by atoms with Crippen LogP contribution in [0, 0.1) is 0 Å². The first-order valence-electron chi connectivity index (χ1n) is 7.14. The quantitative estimate of drug-likeness (QED) is 0.626. The molecule has 3 rings (SSSR count). The minimum absolute atomic E-state index is 0.0787. The predicted molar refractivity (Wildman–Crippen MR) is 104 cm³/mol. The summed E-state index contributed by atoms with van der Waals surface area (Å²) in [6, 6.07) is 10.7. The fourth-order valence-electron chi connectivity index (χ4n) is 2.05. The van der Waals surface area contributed by atoms with Crippen LogP contribution >= 0.6 is 34.5 Å². The van der Waals surface area contributed by atoms with E-state index in [0.29, 0.717) is 16.9 Å². The average Bonchev–Trinajstić information content (AvgIpc) is 2.95. The second-order valence-electron chi connectivity index (χ2n) is 5.07. The van der Waals surface area contributed by atoms with Gasteiger partial charge in [0.05, 0.1) is 16.2 Å². The van der Waals surface area contributed by atoms with Gasteiger partial charge in [-0.3, -0.25) is 14.5 Å². The summed E-state index contributed by atoms with van der Waals surface area (Å²) >= 11 is 12.7. The van der Waals surface area contributed by atoms with Crippen molar-refractivity contribution in [3.8, 4) is 0 Å². The number of nitrogens with zero attached hydrogens (tertiary/aromatic N) is 1. The fourth-order valence-corrected chi connectivity index (χ4v) is 5.26. The first-order chi connectivity index (χ1) is 12.3. The second kappa shape index (κ2) is 7.63. The lowest BCUT2D eigenvalue weighted by molar-refractivity contribution is 0.102. The largest absolute Gasteiger partial charge is 0.321 e. The van der Waals surface area contributed by atoms with Gasteiger partial charge in [-0.05, 0) is 42.5 Å². The number of aromatic nitrogens is 1. The SMILES string of the molecule is O=C(Nc1cccnc1)c1ccc(NS(=O)(=O)c2cc(Cl)sc2Cl)cc1. The van der Waals surface area contributed by atoms with E-state index in [0.717, 1.165) is 11.3 Å². The van der Waals surface area contributed by atoms with Gasteiger partial charge in [0.1, 0.15) is 9.23 Å². The Labute approximate surface area is 163 Å². The molecule has 2 N–H and O–H groups in total. The number of halogens is 2. The molecule has 0 aliphatic rings. The molecule has 0 fully saturated rings. The number of hydrogen-bond donors (Lipinski definition) is 2. The summed E-state index contributed by atoms with van der Waals surface area (Å²) < 4.78 is 27.5. The maximum atomic E-state index is 12.4. The van der Waals surface area contributed by atoms with Crippen molar-refractivity contribution < 1.29 is 13.2 Å². The fraction of sp³-hybridized carbons (Fsp3) is 0. The van der Waals surface area contributed by atoms with E-state index in [1.54, 1.807) is 18.3 Å². The number of pyridine rings is 1. The van der Waals surface area contributed by atoms with E-state index in [-0.39, 0.29) is 19.5 Å². The van der Waals surface area contributed by atoms with Crippen LogP contribution < -0.4 is 10.0 Å². The minimum Gasteiger partial charge on any atom is -0.321 e. The van der Waals surface area contributed by atoms with E-state index in [1.165, 1.54) is 36.5 Å². The summed E-state index contributed by atoms with van der Waals surface area (Å²) in [5, 5.41) is 2.69. The molecule has 0 radical (unpaired) electrons. The van der Waals surface area contributed by atoms with Crippen molar-refractivity contribution in [1.82, 2.24) is 4.98 Å². The maximum Gasteiger partial charge on any atom is 0.264 e. The molecule has 0 atom stereocenters. The van der Waals surface area contributed by atoms with Crippen molar-refractivity contribution >= 4 is 61.8 Å². The molecule has 1 aromatic carbocycles. The van der Waals surface area contributed by atoms with Crippen molar-refractivity contribution in [2.45, 2.75) is 4.90 Å². The number of rotatable bonds is 5.